The van der Waals surface area contributed by atoms with Gasteiger partial charge in [0.1, 0.15) is 12.4 Å². The molecule has 0 bridgehead atoms. The van der Waals surface area contributed by atoms with Gasteiger partial charge in [0.25, 0.3) is 0 Å². The largest absolute Gasteiger partial charge is 0.488 e. The normalized spacial score (nSPS) is 10.5. The molecule has 0 saturated heterocycles. The van der Waals surface area contributed by atoms with Gasteiger partial charge in [0.2, 0.25) is 0 Å². The first-order valence-corrected chi connectivity index (χ1v) is 6.64. The zero-order valence-corrected chi connectivity index (χ0v) is 11.6. The van der Waals surface area contributed by atoms with Crippen molar-refractivity contribution in [3.05, 3.63) is 65.9 Å². The molecule has 0 aliphatic heterocycles. The lowest BCUT2D eigenvalue weighted by Crippen LogP contribution is -2.01. The number of carbonyl (C=O) groups excluding carboxylic acids is 1. The van der Waals surface area contributed by atoms with Crippen molar-refractivity contribution in [1.29, 1.82) is 0 Å². The summed E-state index contributed by atoms with van der Waals surface area (Å²) in [6.07, 6.45) is 1.64. The molecule has 0 spiro atoms. The summed E-state index contributed by atoms with van der Waals surface area (Å²) in [7, 11) is 1.37. The second kappa shape index (κ2) is 5.71. The number of hydrogen-bond donors (Lipinski definition) is 1. The van der Waals surface area contributed by atoms with Gasteiger partial charge < -0.3 is 14.5 Å². The average molecular weight is 281 g/mol. The summed E-state index contributed by atoms with van der Waals surface area (Å²) in [5.41, 5.74) is 2.40. The van der Waals surface area contributed by atoms with Gasteiger partial charge in [0, 0.05) is 6.20 Å². The Morgan fingerprint density at radius 1 is 1.10 bits per heavy atom. The van der Waals surface area contributed by atoms with Crippen molar-refractivity contribution in [3.63, 3.8) is 0 Å². The molecule has 1 N–H and O–H groups in total. The van der Waals surface area contributed by atoms with Crippen LogP contribution >= 0.6 is 0 Å². The molecule has 1 aromatic heterocycles. The fraction of sp³-hybridized carbons (Fsp3) is 0.118. The van der Waals surface area contributed by atoms with E-state index in [9.17, 15) is 4.79 Å². The number of aromatic amines is 1. The van der Waals surface area contributed by atoms with Crippen molar-refractivity contribution in [1.82, 2.24) is 4.98 Å². The standard InChI is InChI=1S/C17H15NO3/c1-20-17(19)13-10-18-14-8-5-9-15(16(13)14)21-11-12-6-3-2-4-7-12/h2-10,18H,11H2,1H3. The molecule has 0 aliphatic rings. The van der Waals surface area contributed by atoms with E-state index in [0.717, 1.165) is 16.5 Å². The highest BCUT2D eigenvalue weighted by molar-refractivity contribution is 6.06. The monoisotopic (exact) mass is 281 g/mol. The number of carbonyl (C=O) groups is 1. The Morgan fingerprint density at radius 2 is 1.90 bits per heavy atom. The number of fused-ring (bicyclic) bond motifs is 1. The van der Waals surface area contributed by atoms with Crippen LogP contribution < -0.4 is 4.74 Å². The fourth-order valence-corrected chi connectivity index (χ4v) is 2.28. The lowest BCUT2D eigenvalue weighted by molar-refractivity contribution is 0.0602. The van der Waals surface area contributed by atoms with Gasteiger partial charge in [-0.15, -0.1) is 0 Å². The average Bonchev–Trinajstić information content (AvgIpc) is 2.98. The fourth-order valence-electron chi connectivity index (χ4n) is 2.28. The van der Waals surface area contributed by atoms with Gasteiger partial charge >= 0.3 is 5.97 Å². The summed E-state index contributed by atoms with van der Waals surface area (Å²) in [5, 5.41) is 0.750. The van der Waals surface area contributed by atoms with E-state index in [1.54, 1.807) is 6.20 Å². The number of ether oxygens (including phenoxy) is 2. The van der Waals surface area contributed by atoms with Gasteiger partial charge in [-0.05, 0) is 17.7 Å². The van der Waals surface area contributed by atoms with Crippen LogP contribution in [0.5, 0.6) is 5.75 Å². The smallest absolute Gasteiger partial charge is 0.340 e. The molecule has 4 nitrogen and oxygen atoms in total. The minimum atomic E-state index is -0.378. The molecule has 2 aromatic carbocycles. The third kappa shape index (κ3) is 2.60. The Kier molecular flexibility index (Phi) is 3.60. The van der Waals surface area contributed by atoms with E-state index in [1.165, 1.54) is 7.11 Å². The summed E-state index contributed by atoms with van der Waals surface area (Å²) >= 11 is 0. The predicted molar refractivity (Wildman–Crippen MR) is 80.4 cm³/mol. The SMILES string of the molecule is COC(=O)c1c[nH]c2cccc(OCc3ccccc3)c12. The molecule has 1 heterocycles. The molecule has 106 valence electrons. The van der Waals surface area contributed by atoms with Gasteiger partial charge in [-0.2, -0.15) is 0 Å². The van der Waals surface area contributed by atoms with Crippen LogP contribution in [0.4, 0.5) is 0 Å². The summed E-state index contributed by atoms with van der Waals surface area (Å²) in [6.45, 7) is 0.450. The molecule has 21 heavy (non-hydrogen) atoms. The van der Waals surface area contributed by atoms with Crippen molar-refractivity contribution in [3.8, 4) is 5.75 Å². The second-order valence-corrected chi connectivity index (χ2v) is 4.65. The molecule has 0 radical (unpaired) electrons. The summed E-state index contributed by atoms with van der Waals surface area (Å²) < 4.78 is 10.7. The maximum Gasteiger partial charge on any atom is 0.340 e. The molecular formula is C17H15NO3. The first-order valence-electron chi connectivity index (χ1n) is 6.64. The summed E-state index contributed by atoms with van der Waals surface area (Å²) in [4.78, 5) is 14.9. The number of esters is 1. The quantitative estimate of drug-likeness (QED) is 0.744. The molecule has 0 fully saturated rings. The summed E-state index contributed by atoms with van der Waals surface area (Å²) in [6, 6.07) is 15.5. The van der Waals surface area contributed by atoms with Crippen LogP contribution in [-0.4, -0.2) is 18.1 Å². The topological polar surface area (TPSA) is 51.3 Å². The van der Waals surface area contributed by atoms with Gasteiger partial charge in [0.15, 0.2) is 0 Å². The van der Waals surface area contributed by atoms with Crippen molar-refractivity contribution in [2.24, 2.45) is 0 Å². The van der Waals surface area contributed by atoms with Crippen LogP contribution in [-0.2, 0) is 11.3 Å². The first-order chi connectivity index (χ1) is 10.3. The molecule has 0 amide bonds. The van der Waals surface area contributed by atoms with Crippen LogP contribution in [0.3, 0.4) is 0 Å². The van der Waals surface area contributed by atoms with Gasteiger partial charge in [-0.3, -0.25) is 0 Å². The maximum absolute atomic E-state index is 11.8. The molecule has 0 aliphatic carbocycles. The number of aromatic nitrogens is 1. The highest BCUT2D eigenvalue weighted by Gasteiger charge is 2.16. The van der Waals surface area contributed by atoms with Crippen LogP contribution in [0, 0.1) is 0 Å². The molecule has 0 atom stereocenters. The lowest BCUT2D eigenvalue weighted by Gasteiger charge is -2.08. The second-order valence-electron chi connectivity index (χ2n) is 4.65. The van der Waals surface area contributed by atoms with E-state index in [4.69, 9.17) is 9.47 Å². The van der Waals surface area contributed by atoms with Crippen molar-refractivity contribution in [2.45, 2.75) is 6.61 Å². The molecule has 3 rings (SSSR count). The molecular weight excluding hydrogens is 266 g/mol. The zero-order valence-electron chi connectivity index (χ0n) is 11.6. The van der Waals surface area contributed by atoms with Crippen LogP contribution in [0.15, 0.2) is 54.7 Å². The van der Waals surface area contributed by atoms with Crippen LogP contribution in [0.25, 0.3) is 10.9 Å². The summed E-state index contributed by atoms with van der Waals surface area (Å²) in [5.74, 6) is 0.287. The number of rotatable bonds is 4. The number of hydrogen-bond acceptors (Lipinski definition) is 3. The van der Waals surface area contributed by atoms with Crippen LogP contribution in [0.2, 0.25) is 0 Å². The Bertz CT molecular complexity index is 762. The Morgan fingerprint density at radius 3 is 2.67 bits per heavy atom. The molecule has 0 unspecified atom stereocenters. The Balaban J connectivity index is 1.94. The van der Waals surface area contributed by atoms with Gasteiger partial charge in [-0.1, -0.05) is 36.4 Å². The van der Waals surface area contributed by atoms with E-state index < -0.39 is 0 Å². The number of benzene rings is 2. The van der Waals surface area contributed by atoms with E-state index in [0.29, 0.717) is 17.9 Å². The number of methoxy groups -OCH3 is 1. The van der Waals surface area contributed by atoms with Gasteiger partial charge in [-0.25, -0.2) is 4.79 Å². The molecule has 0 saturated carbocycles. The van der Waals surface area contributed by atoms with Crippen molar-refractivity contribution >= 4 is 16.9 Å². The highest BCUT2D eigenvalue weighted by atomic mass is 16.5. The lowest BCUT2D eigenvalue weighted by atomic mass is 10.1. The number of nitrogens with one attached hydrogen (secondary N) is 1. The first kappa shape index (κ1) is 13.2. The minimum Gasteiger partial charge on any atom is -0.488 e. The maximum atomic E-state index is 11.8. The van der Waals surface area contributed by atoms with E-state index >= 15 is 0 Å². The Hall–Kier alpha value is -2.75. The zero-order chi connectivity index (χ0) is 14.7. The van der Waals surface area contributed by atoms with E-state index in [1.807, 2.05) is 48.5 Å². The van der Waals surface area contributed by atoms with E-state index in [2.05, 4.69) is 4.98 Å². The van der Waals surface area contributed by atoms with Crippen LogP contribution in [0.1, 0.15) is 15.9 Å². The predicted octanol–water partition coefficient (Wildman–Crippen LogP) is 3.53. The Labute approximate surface area is 122 Å². The molecule has 3 aromatic rings. The van der Waals surface area contributed by atoms with Crippen molar-refractivity contribution < 1.29 is 14.3 Å². The highest BCUT2D eigenvalue weighted by Crippen LogP contribution is 2.29. The van der Waals surface area contributed by atoms with E-state index in [-0.39, 0.29) is 5.97 Å². The van der Waals surface area contributed by atoms with Gasteiger partial charge in [0.05, 0.1) is 23.6 Å². The third-order valence-electron chi connectivity index (χ3n) is 3.31. The third-order valence-corrected chi connectivity index (χ3v) is 3.31. The number of H-pyrrole nitrogens is 1. The molecule has 4 heteroatoms. The minimum absolute atomic E-state index is 0.378. The van der Waals surface area contributed by atoms with Crippen molar-refractivity contribution in [2.75, 3.05) is 7.11 Å².